The van der Waals surface area contributed by atoms with E-state index < -0.39 is 0 Å². The van der Waals surface area contributed by atoms with E-state index >= 15 is 0 Å². The van der Waals surface area contributed by atoms with Gasteiger partial charge in [-0.05, 0) is 71.1 Å². The normalized spacial score (nSPS) is 31.7. The summed E-state index contributed by atoms with van der Waals surface area (Å²) in [6.45, 7) is 11.0. The molecule has 0 spiro atoms. The maximum absolute atomic E-state index is 11.6. The molecule has 0 bridgehead atoms. The van der Waals surface area contributed by atoms with E-state index in [1.165, 1.54) is 26.4 Å². The van der Waals surface area contributed by atoms with Crippen LogP contribution < -0.4 is 0 Å². The Bertz CT molecular complexity index is 484. The van der Waals surface area contributed by atoms with E-state index in [9.17, 15) is 4.79 Å². The van der Waals surface area contributed by atoms with Gasteiger partial charge >= 0.3 is 5.97 Å². The Balaban J connectivity index is 1.91. The van der Waals surface area contributed by atoms with E-state index in [1.54, 1.807) is 11.1 Å². The van der Waals surface area contributed by atoms with Crippen molar-refractivity contribution in [3.05, 3.63) is 11.1 Å². The van der Waals surface area contributed by atoms with Crippen LogP contribution in [0.25, 0.3) is 0 Å². The summed E-state index contributed by atoms with van der Waals surface area (Å²) < 4.78 is 4.80. The molecule has 138 valence electrons. The first kappa shape index (κ1) is 19.5. The third-order valence-electron chi connectivity index (χ3n) is 6.05. The number of carbonyl (C=O) groups is 1. The van der Waals surface area contributed by atoms with Gasteiger partial charge in [0.05, 0.1) is 13.0 Å². The maximum Gasteiger partial charge on any atom is 0.311 e. The smallest absolute Gasteiger partial charge is 0.311 e. The Hall–Kier alpha value is -0.870. The Morgan fingerprint density at radius 2 is 2.04 bits per heavy atom. The minimum Gasteiger partial charge on any atom is -0.469 e. The molecule has 2 aliphatic rings. The summed E-state index contributed by atoms with van der Waals surface area (Å²) in [5.74, 6) is -0.529. The first-order chi connectivity index (χ1) is 11.2. The van der Waals surface area contributed by atoms with Crippen LogP contribution in [0, 0.1) is 11.3 Å². The number of carbonyl (C=O) groups excluding carboxylic acids is 1. The fourth-order valence-electron chi connectivity index (χ4n) is 4.17. The number of rotatable bonds is 5. The molecule has 0 aromatic heterocycles. The molecule has 0 amide bonds. The van der Waals surface area contributed by atoms with Gasteiger partial charge in [0.1, 0.15) is 11.7 Å². The fourth-order valence-corrected chi connectivity index (χ4v) is 4.17. The Labute approximate surface area is 146 Å². The summed E-state index contributed by atoms with van der Waals surface area (Å²) in [4.78, 5) is 23.0. The molecule has 1 fully saturated rings. The summed E-state index contributed by atoms with van der Waals surface area (Å²) >= 11 is 0. The summed E-state index contributed by atoms with van der Waals surface area (Å²) in [6.07, 6.45) is 7.35. The van der Waals surface area contributed by atoms with Crippen molar-refractivity contribution in [3.8, 4) is 0 Å². The minimum atomic E-state index is -0.290. The minimum absolute atomic E-state index is 0.211. The predicted molar refractivity (Wildman–Crippen MR) is 94.3 cm³/mol. The van der Waals surface area contributed by atoms with Crippen LogP contribution in [0.4, 0.5) is 0 Å². The van der Waals surface area contributed by atoms with E-state index in [2.05, 4.69) is 27.7 Å². The van der Waals surface area contributed by atoms with Crippen molar-refractivity contribution in [2.24, 2.45) is 11.3 Å². The largest absolute Gasteiger partial charge is 0.469 e. The molecule has 4 heteroatoms. The summed E-state index contributed by atoms with van der Waals surface area (Å²) in [7, 11) is 1.41. The molecule has 0 N–H and O–H groups in total. The molecule has 1 heterocycles. The van der Waals surface area contributed by atoms with Gasteiger partial charge in [-0.3, -0.25) is 4.79 Å². The lowest BCUT2D eigenvalue weighted by atomic mass is 9.70. The first-order valence-electron chi connectivity index (χ1n) is 9.30. The number of methoxy groups -OCH3 is 1. The molecule has 1 aliphatic carbocycles. The van der Waals surface area contributed by atoms with Crippen molar-refractivity contribution in [1.82, 2.24) is 0 Å². The van der Waals surface area contributed by atoms with Gasteiger partial charge in [-0.25, -0.2) is 9.78 Å². The molecule has 3 atom stereocenters. The molecular formula is C20H34O4. The number of esters is 1. The van der Waals surface area contributed by atoms with Crippen LogP contribution in [0.3, 0.4) is 0 Å². The summed E-state index contributed by atoms with van der Waals surface area (Å²) in [6, 6.07) is 0. The molecule has 4 nitrogen and oxygen atoms in total. The second kappa shape index (κ2) is 7.57. The molecule has 0 radical (unpaired) electrons. The highest BCUT2D eigenvalue weighted by Crippen LogP contribution is 2.44. The van der Waals surface area contributed by atoms with Crippen molar-refractivity contribution in [2.45, 2.75) is 91.3 Å². The Morgan fingerprint density at radius 1 is 1.33 bits per heavy atom. The Kier molecular flexibility index (Phi) is 6.14. The van der Waals surface area contributed by atoms with Gasteiger partial charge in [-0.15, -0.1) is 0 Å². The third-order valence-corrected chi connectivity index (χ3v) is 6.05. The standard InChI is InChI=1S/C20H34O4/c1-14-8-7-11-19(3,4)16(14)9-12-20(5)13-10-17(23-24-20)15(2)18(21)22-6/h15,17H,7-13H2,1-6H3/t15-,17+,20+/m1/s1. The molecule has 0 unspecified atom stereocenters. The highest BCUT2D eigenvalue weighted by molar-refractivity contribution is 5.72. The van der Waals surface area contributed by atoms with Crippen LogP contribution in [0.2, 0.25) is 0 Å². The molecule has 0 aromatic carbocycles. The summed E-state index contributed by atoms with van der Waals surface area (Å²) in [5.41, 5.74) is 3.19. The van der Waals surface area contributed by atoms with Crippen molar-refractivity contribution in [2.75, 3.05) is 7.11 Å². The number of hydrogen-bond acceptors (Lipinski definition) is 4. The lowest BCUT2D eigenvalue weighted by Crippen LogP contribution is -2.42. The summed E-state index contributed by atoms with van der Waals surface area (Å²) in [5, 5.41) is 0. The van der Waals surface area contributed by atoms with Gasteiger partial charge in [0.15, 0.2) is 0 Å². The average Bonchev–Trinajstić information content (AvgIpc) is 2.53. The van der Waals surface area contributed by atoms with Gasteiger partial charge in [0.25, 0.3) is 0 Å². The van der Waals surface area contributed by atoms with Crippen LogP contribution in [0.5, 0.6) is 0 Å². The quantitative estimate of drug-likeness (QED) is 0.403. The molecule has 0 aromatic rings. The molecule has 1 aliphatic heterocycles. The van der Waals surface area contributed by atoms with Gasteiger partial charge in [0.2, 0.25) is 0 Å². The van der Waals surface area contributed by atoms with E-state index in [0.717, 1.165) is 25.7 Å². The van der Waals surface area contributed by atoms with Crippen molar-refractivity contribution in [3.63, 3.8) is 0 Å². The molecular weight excluding hydrogens is 304 g/mol. The zero-order valence-corrected chi connectivity index (χ0v) is 16.2. The predicted octanol–water partition coefficient (Wildman–Crippen LogP) is 4.97. The van der Waals surface area contributed by atoms with Gasteiger partial charge < -0.3 is 4.74 Å². The van der Waals surface area contributed by atoms with Crippen LogP contribution >= 0.6 is 0 Å². The van der Waals surface area contributed by atoms with Gasteiger partial charge in [0, 0.05) is 0 Å². The second-order valence-corrected chi connectivity index (χ2v) is 8.51. The maximum atomic E-state index is 11.6. The van der Waals surface area contributed by atoms with E-state index in [4.69, 9.17) is 14.5 Å². The highest BCUT2D eigenvalue weighted by Gasteiger charge is 2.39. The van der Waals surface area contributed by atoms with Crippen molar-refractivity contribution in [1.29, 1.82) is 0 Å². The fraction of sp³-hybridized carbons (Fsp3) is 0.850. The molecule has 24 heavy (non-hydrogen) atoms. The van der Waals surface area contributed by atoms with Crippen LogP contribution in [0.15, 0.2) is 11.1 Å². The molecule has 1 saturated heterocycles. The van der Waals surface area contributed by atoms with E-state index in [-0.39, 0.29) is 23.6 Å². The van der Waals surface area contributed by atoms with Gasteiger partial charge in [-0.1, -0.05) is 25.0 Å². The highest BCUT2D eigenvalue weighted by atomic mass is 17.2. The zero-order chi connectivity index (χ0) is 18.0. The second-order valence-electron chi connectivity index (χ2n) is 8.51. The number of ether oxygens (including phenoxy) is 1. The SMILES string of the molecule is COC(=O)[C@H](C)[C@@H]1CC[C@](C)(CCC2=C(C)CCCC2(C)C)OO1. The monoisotopic (exact) mass is 338 g/mol. The molecule has 2 rings (SSSR count). The van der Waals surface area contributed by atoms with Gasteiger partial charge in [-0.2, -0.15) is 0 Å². The Morgan fingerprint density at radius 3 is 2.58 bits per heavy atom. The number of hydrogen-bond donors (Lipinski definition) is 0. The van der Waals surface area contributed by atoms with E-state index in [0.29, 0.717) is 5.41 Å². The van der Waals surface area contributed by atoms with Crippen LogP contribution in [-0.4, -0.2) is 24.8 Å². The third kappa shape index (κ3) is 4.40. The van der Waals surface area contributed by atoms with Crippen LogP contribution in [-0.2, 0) is 19.3 Å². The number of allylic oxidation sites excluding steroid dienone is 2. The van der Waals surface area contributed by atoms with Crippen molar-refractivity contribution >= 4 is 5.97 Å². The molecule has 0 saturated carbocycles. The zero-order valence-electron chi connectivity index (χ0n) is 16.2. The lowest BCUT2D eigenvalue weighted by Gasteiger charge is -2.40. The average molecular weight is 338 g/mol. The van der Waals surface area contributed by atoms with Crippen molar-refractivity contribution < 1.29 is 19.3 Å². The first-order valence-corrected chi connectivity index (χ1v) is 9.30. The van der Waals surface area contributed by atoms with Crippen LogP contribution in [0.1, 0.15) is 79.6 Å². The lowest BCUT2D eigenvalue weighted by molar-refractivity contribution is -0.411. The topological polar surface area (TPSA) is 44.8 Å². The van der Waals surface area contributed by atoms with E-state index in [1.807, 2.05) is 6.92 Å².